The van der Waals surface area contributed by atoms with Gasteiger partial charge in [0.2, 0.25) is 0 Å². The van der Waals surface area contributed by atoms with Crippen LogP contribution in [-0.2, 0) is 17.8 Å². The molecule has 21 heavy (non-hydrogen) atoms. The number of carbonyl (C=O) groups is 1. The van der Waals surface area contributed by atoms with Crippen molar-refractivity contribution >= 4 is 17.0 Å². The number of fused-ring (bicyclic) bond motifs is 1. The lowest BCUT2D eigenvalue weighted by atomic mass is 10.2. The second-order valence-corrected chi connectivity index (χ2v) is 5.60. The Labute approximate surface area is 124 Å². The number of carboxylic acids is 1. The number of hydrogen-bond acceptors (Lipinski definition) is 3. The number of aliphatic carboxylic acids is 1. The van der Waals surface area contributed by atoms with Crippen LogP contribution in [0.5, 0.6) is 5.75 Å². The smallest absolute Gasteiger partial charge is 0.311 e. The van der Waals surface area contributed by atoms with E-state index in [1.807, 2.05) is 22.8 Å². The minimum Gasteiger partial charge on any atom is -0.494 e. The van der Waals surface area contributed by atoms with Crippen molar-refractivity contribution in [1.82, 2.24) is 9.55 Å². The first-order valence-corrected chi connectivity index (χ1v) is 7.35. The molecule has 0 amide bonds. The Morgan fingerprint density at radius 2 is 2.19 bits per heavy atom. The summed E-state index contributed by atoms with van der Waals surface area (Å²) < 4.78 is 7.61. The monoisotopic (exact) mass is 290 g/mol. The number of imidazole rings is 1. The van der Waals surface area contributed by atoms with Gasteiger partial charge in [-0.05, 0) is 24.5 Å². The van der Waals surface area contributed by atoms with Gasteiger partial charge >= 0.3 is 5.97 Å². The van der Waals surface area contributed by atoms with E-state index in [1.54, 1.807) is 0 Å². The molecule has 0 aliphatic rings. The molecule has 0 radical (unpaired) electrons. The molecule has 0 aliphatic carbocycles. The van der Waals surface area contributed by atoms with E-state index in [-0.39, 0.29) is 6.42 Å². The van der Waals surface area contributed by atoms with Crippen molar-refractivity contribution in [3.05, 3.63) is 24.0 Å². The molecule has 0 saturated heterocycles. The summed E-state index contributed by atoms with van der Waals surface area (Å²) in [7, 11) is 0. The van der Waals surface area contributed by atoms with E-state index in [0.29, 0.717) is 18.3 Å². The fourth-order valence-electron chi connectivity index (χ4n) is 2.31. The van der Waals surface area contributed by atoms with E-state index in [1.165, 1.54) is 0 Å². The van der Waals surface area contributed by atoms with Crippen molar-refractivity contribution in [2.75, 3.05) is 6.61 Å². The van der Waals surface area contributed by atoms with Crippen molar-refractivity contribution in [2.24, 2.45) is 5.92 Å². The zero-order valence-corrected chi connectivity index (χ0v) is 12.8. The van der Waals surface area contributed by atoms with Gasteiger partial charge in [0.25, 0.3) is 0 Å². The van der Waals surface area contributed by atoms with Gasteiger partial charge in [-0.3, -0.25) is 4.79 Å². The first-order valence-electron chi connectivity index (χ1n) is 7.35. The van der Waals surface area contributed by atoms with Crippen LogP contribution in [0.4, 0.5) is 0 Å². The van der Waals surface area contributed by atoms with E-state index < -0.39 is 5.97 Å². The number of hydrogen-bond donors (Lipinski definition) is 1. The Balaban J connectivity index is 2.42. The second kappa shape index (κ2) is 6.61. The third-order valence-electron chi connectivity index (χ3n) is 3.13. The summed E-state index contributed by atoms with van der Waals surface area (Å²) in [5, 5.41) is 9.04. The van der Waals surface area contributed by atoms with Crippen LogP contribution in [0.1, 0.15) is 33.0 Å². The van der Waals surface area contributed by atoms with E-state index in [0.717, 1.165) is 29.7 Å². The predicted octanol–water partition coefficient (Wildman–Crippen LogP) is 3.11. The maximum atomic E-state index is 11.0. The predicted molar refractivity (Wildman–Crippen MR) is 81.7 cm³/mol. The molecule has 1 aromatic heterocycles. The lowest BCUT2D eigenvalue weighted by Crippen LogP contribution is -2.12. The molecule has 1 heterocycles. The molecule has 0 spiro atoms. The first kappa shape index (κ1) is 15.4. The third kappa shape index (κ3) is 3.74. The van der Waals surface area contributed by atoms with Crippen LogP contribution in [0, 0.1) is 5.92 Å². The molecule has 1 N–H and O–H groups in total. The van der Waals surface area contributed by atoms with E-state index in [9.17, 15) is 4.79 Å². The van der Waals surface area contributed by atoms with Gasteiger partial charge in [0, 0.05) is 12.6 Å². The Kier molecular flexibility index (Phi) is 4.83. The van der Waals surface area contributed by atoms with Crippen LogP contribution >= 0.6 is 0 Å². The molecule has 1 aromatic carbocycles. The lowest BCUT2D eigenvalue weighted by molar-refractivity contribution is -0.136. The van der Waals surface area contributed by atoms with Crippen LogP contribution < -0.4 is 4.74 Å². The molecular weight excluding hydrogens is 268 g/mol. The average Bonchev–Trinajstić information content (AvgIpc) is 2.72. The quantitative estimate of drug-likeness (QED) is 0.851. The minimum absolute atomic E-state index is 0.0629. The standard InChI is InChI=1S/C16H22N2O3/c1-4-7-21-12-5-6-14-13(8-12)17-15(9-16(19)20)18(14)10-11(2)3/h5-6,8,11H,4,7,9-10H2,1-3H3,(H,19,20). The number of ether oxygens (including phenoxy) is 1. The van der Waals surface area contributed by atoms with Crippen LogP contribution in [0.15, 0.2) is 18.2 Å². The summed E-state index contributed by atoms with van der Waals surface area (Å²) >= 11 is 0. The zero-order chi connectivity index (χ0) is 15.4. The van der Waals surface area contributed by atoms with Crippen molar-refractivity contribution in [2.45, 2.75) is 40.2 Å². The molecule has 0 aliphatic heterocycles. The third-order valence-corrected chi connectivity index (χ3v) is 3.13. The van der Waals surface area contributed by atoms with Crippen LogP contribution in [0.3, 0.4) is 0 Å². The highest BCUT2D eigenvalue weighted by Gasteiger charge is 2.15. The number of carboxylic acid groups (broad SMARTS) is 1. The highest BCUT2D eigenvalue weighted by Crippen LogP contribution is 2.23. The number of nitrogens with zero attached hydrogens (tertiary/aromatic N) is 2. The van der Waals surface area contributed by atoms with Gasteiger partial charge in [0.1, 0.15) is 18.0 Å². The molecule has 5 heteroatoms. The van der Waals surface area contributed by atoms with Gasteiger partial charge in [0.05, 0.1) is 17.6 Å². The molecule has 0 saturated carbocycles. The Morgan fingerprint density at radius 3 is 2.81 bits per heavy atom. The highest BCUT2D eigenvalue weighted by molar-refractivity contribution is 5.79. The SMILES string of the molecule is CCCOc1ccc2c(c1)nc(CC(=O)O)n2CC(C)C. The summed E-state index contributed by atoms with van der Waals surface area (Å²) in [6.45, 7) is 7.69. The van der Waals surface area contributed by atoms with E-state index in [4.69, 9.17) is 9.84 Å². The Morgan fingerprint density at radius 1 is 1.43 bits per heavy atom. The summed E-state index contributed by atoms with van der Waals surface area (Å²) in [5.41, 5.74) is 1.75. The van der Waals surface area contributed by atoms with Gasteiger partial charge < -0.3 is 14.4 Å². The Bertz CT molecular complexity index is 632. The lowest BCUT2D eigenvalue weighted by Gasteiger charge is -2.11. The van der Waals surface area contributed by atoms with Crippen molar-refractivity contribution in [1.29, 1.82) is 0 Å². The van der Waals surface area contributed by atoms with Crippen molar-refractivity contribution in [3.63, 3.8) is 0 Å². The number of aromatic nitrogens is 2. The summed E-state index contributed by atoms with van der Waals surface area (Å²) in [4.78, 5) is 15.5. The molecule has 0 fully saturated rings. The fraction of sp³-hybridized carbons (Fsp3) is 0.500. The normalized spacial score (nSPS) is 11.2. The van der Waals surface area contributed by atoms with Crippen LogP contribution in [0.25, 0.3) is 11.0 Å². The van der Waals surface area contributed by atoms with E-state index >= 15 is 0 Å². The van der Waals surface area contributed by atoms with Gasteiger partial charge in [-0.2, -0.15) is 0 Å². The zero-order valence-electron chi connectivity index (χ0n) is 12.8. The highest BCUT2D eigenvalue weighted by atomic mass is 16.5. The summed E-state index contributed by atoms with van der Waals surface area (Å²) in [6.07, 6.45) is 0.886. The molecule has 0 atom stereocenters. The molecule has 5 nitrogen and oxygen atoms in total. The van der Waals surface area contributed by atoms with Gasteiger partial charge in [-0.15, -0.1) is 0 Å². The number of benzene rings is 1. The average molecular weight is 290 g/mol. The largest absolute Gasteiger partial charge is 0.494 e. The topological polar surface area (TPSA) is 64.3 Å². The van der Waals surface area contributed by atoms with Gasteiger partial charge in [0.15, 0.2) is 0 Å². The molecule has 2 rings (SSSR count). The summed E-state index contributed by atoms with van der Waals surface area (Å²) in [6, 6.07) is 5.76. The molecule has 0 unspecified atom stereocenters. The van der Waals surface area contributed by atoms with Crippen molar-refractivity contribution in [3.8, 4) is 5.75 Å². The summed E-state index contributed by atoms with van der Waals surface area (Å²) in [5.74, 6) is 0.933. The first-order chi connectivity index (χ1) is 10.0. The second-order valence-electron chi connectivity index (χ2n) is 5.60. The Hall–Kier alpha value is -2.04. The maximum absolute atomic E-state index is 11.0. The molecule has 114 valence electrons. The maximum Gasteiger partial charge on any atom is 0.311 e. The minimum atomic E-state index is -0.863. The van der Waals surface area contributed by atoms with Crippen molar-refractivity contribution < 1.29 is 14.6 Å². The van der Waals surface area contributed by atoms with E-state index in [2.05, 4.69) is 25.8 Å². The fourth-order valence-corrected chi connectivity index (χ4v) is 2.31. The number of rotatable bonds is 7. The van der Waals surface area contributed by atoms with Crippen LogP contribution in [0.2, 0.25) is 0 Å². The van der Waals surface area contributed by atoms with Gasteiger partial charge in [-0.1, -0.05) is 20.8 Å². The molecule has 0 bridgehead atoms. The molecular formula is C16H22N2O3. The van der Waals surface area contributed by atoms with Gasteiger partial charge in [-0.25, -0.2) is 4.98 Å². The molecule has 2 aromatic rings. The van der Waals surface area contributed by atoms with Crippen LogP contribution in [-0.4, -0.2) is 27.2 Å².